The molecular formula is C10H16N2O. The zero-order valence-electron chi connectivity index (χ0n) is 7.83. The van der Waals surface area contributed by atoms with Crippen LogP contribution in [-0.2, 0) is 4.79 Å². The Hall–Kier alpha value is -0.830. The van der Waals surface area contributed by atoms with Gasteiger partial charge >= 0.3 is 0 Å². The van der Waals surface area contributed by atoms with Crippen LogP contribution < -0.4 is 5.32 Å². The summed E-state index contributed by atoms with van der Waals surface area (Å²) in [5.41, 5.74) is 0. The topological polar surface area (TPSA) is 32.3 Å². The SMILES string of the molecule is C=CC(=O)NC1CCN(C2CC2)C1. The Morgan fingerprint density at radius 1 is 1.46 bits per heavy atom. The quantitative estimate of drug-likeness (QED) is 0.642. The lowest BCUT2D eigenvalue weighted by molar-refractivity contribution is -0.117. The Morgan fingerprint density at radius 3 is 2.85 bits per heavy atom. The van der Waals surface area contributed by atoms with E-state index >= 15 is 0 Å². The number of carbonyl (C=O) groups excluding carboxylic acids is 1. The van der Waals surface area contributed by atoms with Crippen LogP contribution in [0.5, 0.6) is 0 Å². The summed E-state index contributed by atoms with van der Waals surface area (Å²) in [6.07, 6.45) is 5.14. The van der Waals surface area contributed by atoms with E-state index < -0.39 is 0 Å². The summed E-state index contributed by atoms with van der Waals surface area (Å²) < 4.78 is 0. The number of hydrogen-bond donors (Lipinski definition) is 1. The molecule has 1 unspecified atom stereocenters. The lowest BCUT2D eigenvalue weighted by Crippen LogP contribution is -2.36. The molecule has 0 aromatic carbocycles. The predicted octanol–water partition coefficient (Wildman–Crippen LogP) is 0.525. The number of hydrogen-bond acceptors (Lipinski definition) is 2. The molecule has 13 heavy (non-hydrogen) atoms. The minimum Gasteiger partial charge on any atom is -0.349 e. The van der Waals surface area contributed by atoms with Gasteiger partial charge in [0.15, 0.2) is 0 Å². The van der Waals surface area contributed by atoms with Crippen LogP contribution in [0, 0.1) is 0 Å². The van der Waals surface area contributed by atoms with Gasteiger partial charge < -0.3 is 5.32 Å². The highest BCUT2D eigenvalue weighted by atomic mass is 16.1. The first-order valence-electron chi connectivity index (χ1n) is 4.96. The largest absolute Gasteiger partial charge is 0.349 e. The van der Waals surface area contributed by atoms with Crippen molar-refractivity contribution in [2.24, 2.45) is 0 Å². The molecule has 1 heterocycles. The number of likely N-dealkylation sites (tertiary alicyclic amines) is 1. The molecule has 0 spiro atoms. The summed E-state index contributed by atoms with van der Waals surface area (Å²) in [4.78, 5) is 13.5. The molecule has 1 N–H and O–H groups in total. The summed E-state index contributed by atoms with van der Waals surface area (Å²) in [6.45, 7) is 5.62. The molecule has 0 bridgehead atoms. The summed E-state index contributed by atoms with van der Waals surface area (Å²) >= 11 is 0. The zero-order chi connectivity index (χ0) is 9.26. The summed E-state index contributed by atoms with van der Waals surface area (Å²) in [5.74, 6) is -0.0392. The monoisotopic (exact) mass is 180 g/mol. The average molecular weight is 180 g/mol. The normalized spacial score (nSPS) is 28.8. The van der Waals surface area contributed by atoms with Crippen molar-refractivity contribution in [3.05, 3.63) is 12.7 Å². The van der Waals surface area contributed by atoms with Gasteiger partial charge in [-0.05, 0) is 25.3 Å². The van der Waals surface area contributed by atoms with Gasteiger partial charge in [0.05, 0.1) is 0 Å². The van der Waals surface area contributed by atoms with Crippen molar-refractivity contribution in [2.45, 2.75) is 31.3 Å². The summed E-state index contributed by atoms with van der Waals surface area (Å²) in [7, 11) is 0. The molecule has 1 atom stereocenters. The minimum absolute atomic E-state index is 0.0392. The number of amides is 1. The Morgan fingerprint density at radius 2 is 2.23 bits per heavy atom. The number of carbonyl (C=O) groups is 1. The van der Waals surface area contributed by atoms with Crippen LogP contribution in [0.1, 0.15) is 19.3 Å². The number of nitrogens with zero attached hydrogens (tertiary/aromatic N) is 1. The highest BCUT2D eigenvalue weighted by Gasteiger charge is 2.34. The second-order valence-electron chi connectivity index (χ2n) is 3.92. The van der Waals surface area contributed by atoms with Crippen molar-refractivity contribution >= 4 is 5.91 Å². The fourth-order valence-corrected chi connectivity index (χ4v) is 1.94. The van der Waals surface area contributed by atoms with E-state index in [0.29, 0.717) is 6.04 Å². The summed E-state index contributed by atoms with van der Waals surface area (Å²) in [5, 5.41) is 2.94. The van der Waals surface area contributed by atoms with Crippen molar-refractivity contribution in [2.75, 3.05) is 13.1 Å². The molecule has 1 aliphatic heterocycles. The van der Waals surface area contributed by atoms with Gasteiger partial charge in [0.25, 0.3) is 0 Å². The third-order valence-corrected chi connectivity index (χ3v) is 2.81. The van der Waals surface area contributed by atoms with Crippen LogP contribution in [0.25, 0.3) is 0 Å². The lowest BCUT2D eigenvalue weighted by Gasteiger charge is -2.14. The first-order chi connectivity index (χ1) is 6.29. The molecule has 2 aliphatic rings. The average Bonchev–Trinajstić information content (AvgIpc) is 2.88. The van der Waals surface area contributed by atoms with Gasteiger partial charge in [-0.25, -0.2) is 0 Å². The van der Waals surface area contributed by atoms with E-state index in [2.05, 4.69) is 16.8 Å². The van der Waals surface area contributed by atoms with Crippen molar-refractivity contribution < 1.29 is 4.79 Å². The first-order valence-corrected chi connectivity index (χ1v) is 4.96. The second kappa shape index (κ2) is 3.50. The van der Waals surface area contributed by atoms with Gasteiger partial charge in [-0.15, -0.1) is 0 Å². The van der Waals surface area contributed by atoms with E-state index in [1.54, 1.807) is 0 Å². The lowest BCUT2D eigenvalue weighted by atomic mass is 10.2. The zero-order valence-corrected chi connectivity index (χ0v) is 7.83. The van der Waals surface area contributed by atoms with Gasteiger partial charge in [0.1, 0.15) is 0 Å². The predicted molar refractivity (Wildman–Crippen MR) is 51.3 cm³/mol. The molecular weight excluding hydrogens is 164 g/mol. The van der Waals surface area contributed by atoms with Crippen LogP contribution >= 0.6 is 0 Å². The van der Waals surface area contributed by atoms with Crippen molar-refractivity contribution in [3.63, 3.8) is 0 Å². The molecule has 2 rings (SSSR count). The molecule has 1 saturated heterocycles. The van der Waals surface area contributed by atoms with E-state index in [4.69, 9.17) is 0 Å². The Bertz CT molecular complexity index is 223. The van der Waals surface area contributed by atoms with E-state index in [1.807, 2.05) is 0 Å². The number of nitrogens with one attached hydrogen (secondary N) is 1. The Balaban J connectivity index is 1.76. The standard InChI is InChI=1S/C10H16N2O/c1-2-10(13)11-8-5-6-12(7-8)9-3-4-9/h2,8-9H,1,3-7H2,(H,11,13). The maximum atomic E-state index is 11.0. The Kier molecular flexibility index (Phi) is 2.36. The van der Waals surface area contributed by atoms with Crippen molar-refractivity contribution in [3.8, 4) is 0 Å². The van der Waals surface area contributed by atoms with Crippen molar-refractivity contribution in [1.82, 2.24) is 10.2 Å². The van der Waals surface area contributed by atoms with E-state index in [-0.39, 0.29) is 5.91 Å². The summed E-state index contributed by atoms with van der Waals surface area (Å²) in [6, 6.07) is 1.18. The van der Waals surface area contributed by atoms with Crippen molar-refractivity contribution in [1.29, 1.82) is 0 Å². The van der Waals surface area contributed by atoms with E-state index in [1.165, 1.54) is 18.9 Å². The maximum Gasteiger partial charge on any atom is 0.243 e. The van der Waals surface area contributed by atoms with Gasteiger partial charge in [-0.1, -0.05) is 6.58 Å². The Labute approximate surface area is 78.8 Å². The van der Waals surface area contributed by atoms with Crippen LogP contribution in [-0.4, -0.2) is 36.0 Å². The number of rotatable bonds is 3. The van der Waals surface area contributed by atoms with Crippen LogP contribution in [0.2, 0.25) is 0 Å². The highest BCUT2D eigenvalue weighted by Crippen LogP contribution is 2.29. The minimum atomic E-state index is -0.0392. The smallest absolute Gasteiger partial charge is 0.243 e. The third kappa shape index (κ3) is 2.10. The van der Waals surface area contributed by atoms with Crippen LogP contribution in [0.3, 0.4) is 0 Å². The molecule has 1 amide bonds. The third-order valence-electron chi connectivity index (χ3n) is 2.81. The molecule has 1 aliphatic carbocycles. The second-order valence-corrected chi connectivity index (χ2v) is 3.92. The van der Waals surface area contributed by atoms with E-state index in [0.717, 1.165) is 25.6 Å². The maximum absolute atomic E-state index is 11.0. The van der Waals surface area contributed by atoms with Gasteiger partial charge in [-0.2, -0.15) is 0 Å². The van der Waals surface area contributed by atoms with E-state index in [9.17, 15) is 4.79 Å². The molecule has 3 nitrogen and oxygen atoms in total. The van der Waals surface area contributed by atoms with Gasteiger partial charge in [0, 0.05) is 25.2 Å². The fourth-order valence-electron chi connectivity index (χ4n) is 1.94. The first kappa shape index (κ1) is 8.75. The molecule has 0 aromatic heterocycles. The molecule has 72 valence electrons. The highest BCUT2D eigenvalue weighted by molar-refractivity contribution is 5.87. The van der Waals surface area contributed by atoms with Gasteiger partial charge in [0.2, 0.25) is 5.91 Å². The molecule has 3 heteroatoms. The fraction of sp³-hybridized carbons (Fsp3) is 0.700. The van der Waals surface area contributed by atoms with Gasteiger partial charge in [-0.3, -0.25) is 9.69 Å². The van der Waals surface area contributed by atoms with Crippen LogP contribution in [0.15, 0.2) is 12.7 Å². The molecule has 1 saturated carbocycles. The van der Waals surface area contributed by atoms with Crippen LogP contribution in [0.4, 0.5) is 0 Å². The molecule has 0 aromatic rings. The molecule has 2 fully saturated rings. The molecule has 0 radical (unpaired) electrons.